The molecule has 0 spiro atoms. The maximum absolute atomic E-state index is 12.4. The van der Waals surface area contributed by atoms with Crippen molar-refractivity contribution in [2.24, 2.45) is 11.3 Å². The average Bonchev–Trinajstić information content (AvgIpc) is 3.23. The largest absolute Gasteiger partial charge is 0.390 e. The molecule has 2 aliphatic heterocycles. The zero-order chi connectivity index (χ0) is 23.3. The molecule has 0 amide bonds. The number of benzene rings is 1. The highest BCUT2D eigenvalue weighted by Gasteiger charge is 2.55. The summed E-state index contributed by atoms with van der Waals surface area (Å²) < 4.78 is 0. The summed E-state index contributed by atoms with van der Waals surface area (Å²) in [5.74, 6) is 0.679. The molecule has 2 saturated heterocycles. The van der Waals surface area contributed by atoms with E-state index >= 15 is 0 Å². The lowest BCUT2D eigenvalue weighted by atomic mass is 9.62. The van der Waals surface area contributed by atoms with Gasteiger partial charge in [0.1, 0.15) is 5.60 Å². The van der Waals surface area contributed by atoms with Crippen LogP contribution in [0.3, 0.4) is 0 Å². The van der Waals surface area contributed by atoms with E-state index in [9.17, 15) is 10.2 Å². The summed E-state index contributed by atoms with van der Waals surface area (Å²) >= 11 is 0. The molecule has 3 heterocycles. The van der Waals surface area contributed by atoms with E-state index < -0.39 is 11.2 Å². The van der Waals surface area contributed by atoms with Gasteiger partial charge in [0.15, 0.2) is 0 Å². The number of anilines is 1. The van der Waals surface area contributed by atoms with Gasteiger partial charge in [0, 0.05) is 49.3 Å². The topological polar surface area (TPSA) is 59.8 Å². The molecule has 0 aliphatic carbocycles. The molecule has 2 atom stereocenters. The van der Waals surface area contributed by atoms with Crippen LogP contribution in [-0.2, 0) is 5.60 Å². The van der Waals surface area contributed by atoms with Crippen molar-refractivity contribution in [2.75, 3.05) is 38.1 Å². The Labute approximate surface area is 193 Å². The van der Waals surface area contributed by atoms with Crippen molar-refractivity contribution in [3.8, 4) is 0 Å². The van der Waals surface area contributed by atoms with Gasteiger partial charge in [0.05, 0.1) is 17.5 Å². The van der Waals surface area contributed by atoms with Crippen LogP contribution in [0.25, 0.3) is 0 Å². The maximum Gasteiger partial charge on any atom is 0.124 e. The predicted octanol–water partition coefficient (Wildman–Crippen LogP) is 3.99. The van der Waals surface area contributed by atoms with Gasteiger partial charge in [-0.05, 0) is 50.4 Å². The normalized spacial score (nSPS) is 23.3. The molecule has 32 heavy (non-hydrogen) atoms. The maximum atomic E-state index is 12.4. The molecular formula is C27H39N3O2. The Bertz CT molecular complexity index is 944. The van der Waals surface area contributed by atoms with E-state index in [1.54, 1.807) is 0 Å². The minimum absolute atomic E-state index is 0.228. The highest BCUT2D eigenvalue weighted by Crippen LogP contribution is 2.50. The highest BCUT2D eigenvalue weighted by molar-refractivity contribution is 5.51. The molecule has 2 unspecified atom stereocenters. The Kier molecular flexibility index (Phi) is 5.89. The Hall–Kier alpha value is -1.95. The van der Waals surface area contributed by atoms with E-state index in [1.165, 1.54) is 5.56 Å². The summed E-state index contributed by atoms with van der Waals surface area (Å²) in [7, 11) is 2.10. The standard InChI is InChI=1S/C27H39N3O2/c1-19(2)20-7-9-21(10-8-20)27(32,26(5)17-29(6)18-26)23-13-24(15-28-14-23)30-12-11-22(16-30)25(3,4)31/h7-10,13-15,19,22,31-32H,11-12,16-18H2,1-6H3. The zero-order valence-corrected chi connectivity index (χ0v) is 20.5. The fourth-order valence-electron chi connectivity index (χ4n) is 5.72. The summed E-state index contributed by atoms with van der Waals surface area (Å²) in [6.45, 7) is 13.7. The molecule has 1 aromatic heterocycles. The first-order valence-electron chi connectivity index (χ1n) is 11.9. The van der Waals surface area contributed by atoms with Crippen LogP contribution in [0.5, 0.6) is 0 Å². The number of hydrogen-bond acceptors (Lipinski definition) is 5. The minimum atomic E-state index is -1.13. The van der Waals surface area contributed by atoms with Crippen molar-refractivity contribution in [3.05, 3.63) is 59.4 Å². The summed E-state index contributed by atoms with van der Waals surface area (Å²) in [6.07, 6.45) is 4.66. The first kappa shape index (κ1) is 23.2. The second kappa shape index (κ2) is 8.12. The van der Waals surface area contributed by atoms with Crippen LogP contribution in [0.1, 0.15) is 63.6 Å². The van der Waals surface area contributed by atoms with Gasteiger partial charge in [-0.1, -0.05) is 45.0 Å². The monoisotopic (exact) mass is 437 g/mol. The van der Waals surface area contributed by atoms with E-state index in [2.05, 4.69) is 72.9 Å². The summed E-state index contributed by atoms with van der Waals surface area (Å²) in [4.78, 5) is 9.10. The second-order valence-corrected chi connectivity index (χ2v) is 11.2. The van der Waals surface area contributed by atoms with Gasteiger partial charge in [-0.2, -0.15) is 0 Å². The number of nitrogens with zero attached hydrogens (tertiary/aromatic N) is 3. The molecule has 1 aromatic carbocycles. The zero-order valence-electron chi connectivity index (χ0n) is 20.5. The van der Waals surface area contributed by atoms with Crippen LogP contribution in [0.2, 0.25) is 0 Å². The van der Waals surface area contributed by atoms with Crippen molar-refractivity contribution in [2.45, 2.75) is 58.2 Å². The third-order valence-corrected chi connectivity index (χ3v) is 7.80. The van der Waals surface area contributed by atoms with Gasteiger partial charge in [0.25, 0.3) is 0 Å². The third-order valence-electron chi connectivity index (χ3n) is 7.80. The SMILES string of the molecule is CC(C)c1ccc(C(O)(c2cncc(N3CCC(C(C)(C)O)C3)c2)C2(C)CN(C)C2)cc1. The number of hydrogen-bond donors (Lipinski definition) is 2. The van der Waals surface area contributed by atoms with Crippen LogP contribution in [0.15, 0.2) is 42.7 Å². The number of aromatic nitrogens is 1. The van der Waals surface area contributed by atoms with Gasteiger partial charge in [-0.15, -0.1) is 0 Å². The van der Waals surface area contributed by atoms with Gasteiger partial charge in [0.2, 0.25) is 0 Å². The average molecular weight is 438 g/mol. The molecule has 5 heteroatoms. The Morgan fingerprint density at radius 1 is 1.06 bits per heavy atom. The second-order valence-electron chi connectivity index (χ2n) is 11.2. The molecule has 2 N–H and O–H groups in total. The van der Waals surface area contributed by atoms with Gasteiger partial charge < -0.3 is 20.0 Å². The lowest BCUT2D eigenvalue weighted by Gasteiger charge is -2.56. The number of pyridine rings is 1. The van der Waals surface area contributed by atoms with Crippen molar-refractivity contribution in [1.82, 2.24) is 9.88 Å². The summed E-state index contributed by atoms with van der Waals surface area (Å²) in [6, 6.07) is 10.6. The van der Waals surface area contributed by atoms with E-state index in [4.69, 9.17) is 0 Å². The fourth-order valence-corrected chi connectivity index (χ4v) is 5.72. The molecule has 0 bridgehead atoms. The lowest BCUT2D eigenvalue weighted by molar-refractivity contribution is -0.127. The lowest BCUT2D eigenvalue weighted by Crippen LogP contribution is -2.63. The molecule has 0 saturated carbocycles. The van der Waals surface area contributed by atoms with Gasteiger partial charge in [-0.25, -0.2) is 0 Å². The number of aliphatic hydroxyl groups is 2. The van der Waals surface area contributed by atoms with E-state index in [-0.39, 0.29) is 11.3 Å². The molecule has 174 valence electrons. The smallest absolute Gasteiger partial charge is 0.124 e. The molecule has 2 fully saturated rings. The highest BCUT2D eigenvalue weighted by atomic mass is 16.3. The van der Waals surface area contributed by atoms with Crippen molar-refractivity contribution < 1.29 is 10.2 Å². The summed E-state index contributed by atoms with van der Waals surface area (Å²) in [5, 5.41) is 22.9. The summed E-state index contributed by atoms with van der Waals surface area (Å²) in [5.41, 5.74) is 1.93. The predicted molar refractivity (Wildman–Crippen MR) is 130 cm³/mol. The quantitative estimate of drug-likeness (QED) is 0.716. The van der Waals surface area contributed by atoms with E-state index in [0.29, 0.717) is 5.92 Å². The molecule has 2 aromatic rings. The Morgan fingerprint density at radius 3 is 2.25 bits per heavy atom. The molecule has 2 aliphatic rings. The van der Waals surface area contributed by atoms with Crippen molar-refractivity contribution in [1.29, 1.82) is 0 Å². The van der Waals surface area contributed by atoms with Crippen molar-refractivity contribution >= 4 is 5.69 Å². The minimum Gasteiger partial charge on any atom is -0.390 e. The van der Waals surface area contributed by atoms with E-state index in [1.807, 2.05) is 26.2 Å². The Morgan fingerprint density at radius 2 is 1.72 bits per heavy atom. The first-order valence-corrected chi connectivity index (χ1v) is 11.9. The first-order chi connectivity index (χ1) is 14.9. The molecule has 0 radical (unpaired) electrons. The van der Waals surface area contributed by atoms with Crippen LogP contribution >= 0.6 is 0 Å². The molecule has 4 rings (SSSR count). The van der Waals surface area contributed by atoms with Crippen LogP contribution < -0.4 is 4.90 Å². The number of likely N-dealkylation sites (tertiary alicyclic amines) is 1. The number of rotatable bonds is 6. The van der Waals surface area contributed by atoms with Crippen LogP contribution in [0, 0.1) is 11.3 Å². The molecular weight excluding hydrogens is 398 g/mol. The van der Waals surface area contributed by atoms with Crippen molar-refractivity contribution in [3.63, 3.8) is 0 Å². The fraction of sp³-hybridized carbons (Fsp3) is 0.593. The molecule has 5 nitrogen and oxygen atoms in total. The van der Waals surface area contributed by atoms with E-state index in [0.717, 1.165) is 49.4 Å². The van der Waals surface area contributed by atoms with Crippen LogP contribution in [-0.4, -0.2) is 58.9 Å². The van der Waals surface area contributed by atoms with Crippen LogP contribution in [0.4, 0.5) is 5.69 Å². The van der Waals surface area contributed by atoms with Gasteiger partial charge >= 0.3 is 0 Å². The Balaban J connectivity index is 1.72. The van der Waals surface area contributed by atoms with Gasteiger partial charge in [-0.3, -0.25) is 4.98 Å². The third kappa shape index (κ3) is 3.95.